The predicted octanol–water partition coefficient (Wildman–Crippen LogP) is 2.84. The van der Waals surface area contributed by atoms with Crippen LogP contribution in [0.3, 0.4) is 0 Å². The van der Waals surface area contributed by atoms with E-state index >= 15 is 0 Å². The zero-order chi connectivity index (χ0) is 10.9. The summed E-state index contributed by atoms with van der Waals surface area (Å²) in [5, 5.41) is 17.5. The van der Waals surface area contributed by atoms with E-state index in [1.54, 1.807) is 0 Å². The monoisotopic (exact) mass is 254 g/mol. The van der Waals surface area contributed by atoms with Gasteiger partial charge in [0, 0.05) is 10.6 Å². The van der Waals surface area contributed by atoms with Gasteiger partial charge in [0.25, 0.3) is 0 Å². The number of hydrogen-bond acceptors (Lipinski definition) is 2. The summed E-state index contributed by atoms with van der Waals surface area (Å²) in [5.74, 6) is -1.22. The molecule has 0 saturated heterocycles. The Morgan fingerprint density at radius 1 is 1.29 bits per heavy atom. The van der Waals surface area contributed by atoms with E-state index in [1.807, 2.05) is 0 Å². The summed E-state index contributed by atoms with van der Waals surface area (Å²) >= 11 is 17.1. The van der Waals surface area contributed by atoms with Crippen molar-refractivity contribution >= 4 is 40.8 Å². The van der Waals surface area contributed by atoms with Crippen LogP contribution in [0.4, 0.5) is 0 Å². The van der Waals surface area contributed by atoms with Crippen LogP contribution in [0, 0.1) is 0 Å². The van der Waals surface area contributed by atoms with Crippen molar-refractivity contribution in [3.63, 3.8) is 0 Å². The Hall–Kier alpha value is -0.480. The van der Waals surface area contributed by atoms with Crippen LogP contribution in [0.15, 0.2) is 6.07 Å². The van der Waals surface area contributed by atoms with Crippen molar-refractivity contribution in [1.82, 2.24) is 0 Å². The molecule has 0 radical (unpaired) electrons. The lowest BCUT2D eigenvalue weighted by Gasteiger charge is -2.08. The van der Waals surface area contributed by atoms with E-state index in [9.17, 15) is 4.79 Å². The van der Waals surface area contributed by atoms with Crippen LogP contribution in [-0.4, -0.2) is 16.2 Å². The number of aliphatic hydroxyl groups excluding tert-OH is 1. The second-order valence-electron chi connectivity index (χ2n) is 2.48. The van der Waals surface area contributed by atoms with Crippen molar-refractivity contribution < 1.29 is 15.0 Å². The zero-order valence-electron chi connectivity index (χ0n) is 6.72. The Kier molecular flexibility index (Phi) is 3.61. The van der Waals surface area contributed by atoms with E-state index in [-0.39, 0.29) is 26.2 Å². The number of carboxylic acid groups (broad SMARTS) is 1. The third-order valence-corrected chi connectivity index (χ3v) is 2.89. The molecule has 76 valence electrons. The van der Waals surface area contributed by atoms with E-state index in [1.165, 1.54) is 0 Å². The van der Waals surface area contributed by atoms with Crippen molar-refractivity contribution in [1.29, 1.82) is 0 Å². The van der Waals surface area contributed by atoms with Gasteiger partial charge in [0.1, 0.15) is 0 Å². The average molecular weight is 255 g/mol. The maximum absolute atomic E-state index is 10.7. The number of hydrogen-bond donors (Lipinski definition) is 2. The Balaban J connectivity index is 3.47. The molecule has 3 nitrogen and oxygen atoms in total. The number of halogens is 3. The summed E-state index contributed by atoms with van der Waals surface area (Å²) in [7, 11) is 0. The minimum absolute atomic E-state index is 0.0286. The molecule has 0 aliphatic carbocycles. The maximum Gasteiger partial charge on any atom is 0.337 e. The van der Waals surface area contributed by atoms with Crippen LogP contribution in [0.25, 0.3) is 0 Å². The van der Waals surface area contributed by atoms with Gasteiger partial charge in [-0.2, -0.15) is 0 Å². The number of aromatic carboxylic acids is 1. The molecule has 2 N–H and O–H groups in total. The highest BCUT2D eigenvalue weighted by atomic mass is 35.5. The molecular weight excluding hydrogens is 250 g/mol. The molecule has 6 heteroatoms. The summed E-state index contributed by atoms with van der Waals surface area (Å²) in [6.07, 6.45) is 0. The van der Waals surface area contributed by atoms with Crippen molar-refractivity contribution in [2.75, 3.05) is 0 Å². The summed E-state index contributed by atoms with van der Waals surface area (Å²) < 4.78 is 0. The molecule has 0 amide bonds. The first-order chi connectivity index (χ1) is 6.49. The molecule has 1 rings (SSSR count). The van der Waals surface area contributed by atoms with Gasteiger partial charge >= 0.3 is 5.97 Å². The SMILES string of the molecule is O=C(O)c1cc(Cl)c(CO)c(Cl)c1Cl. The van der Waals surface area contributed by atoms with E-state index in [0.717, 1.165) is 6.07 Å². The van der Waals surface area contributed by atoms with Gasteiger partial charge < -0.3 is 10.2 Å². The van der Waals surface area contributed by atoms with Gasteiger partial charge in [-0.15, -0.1) is 0 Å². The minimum Gasteiger partial charge on any atom is -0.478 e. The lowest BCUT2D eigenvalue weighted by molar-refractivity contribution is 0.0697. The van der Waals surface area contributed by atoms with E-state index in [0.29, 0.717) is 0 Å². The highest BCUT2D eigenvalue weighted by Crippen LogP contribution is 2.34. The van der Waals surface area contributed by atoms with E-state index in [2.05, 4.69) is 0 Å². The first-order valence-electron chi connectivity index (χ1n) is 3.49. The van der Waals surface area contributed by atoms with Crippen LogP contribution in [0.2, 0.25) is 15.1 Å². The van der Waals surface area contributed by atoms with Gasteiger partial charge in [-0.25, -0.2) is 4.79 Å². The van der Waals surface area contributed by atoms with Crippen molar-refractivity contribution in [2.24, 2.45) is 0 Å². The lowest BCUT2D eigenvalue weighted by Crippen LogP contribution is -2.00. The Morgan fingerprint density at radius 2 is 1.86 bits per heavy atom. The summed E-state index contributed by atoms with van der Waals surface area (Å²) in [4.78, 5) is 10.7. The quantitative estimate of drug-likeness (QED) is 0.799. The number of benzene rings is 1. The molecule has 0 spiro atoms. The van der Waals surface area contributed by atoms with Crippen molar-refractivity contribution in [2.45, 2.75) is 6.61 Å². The molecule has 0 aliphatic heterocycles. The molecule has 0 heterocycles. The summed E-state index contributed by atoms with van der Waals surface area (Å²) in [6, 6.07) is 1.16. The maximum atomic E-state index is 10.7. The molecular formula is C8H5Cl3O3. The molecule has 0 aromatic heterocycles. The first kappa shape index (κ1) is 11.6. The number of rotatable bonds is 2. The van der Waals surface area contributed by atoms with Gasteiger partial charge in [0.15, 0.2) is 0 Å². The largest absolute Gasteiger partial charge is 0.478 e. The van der Waals surface area contributed by atoms with Gasteiger partial charge in [-0.3, -0.25) is 0 Å². The zero-order valence-corrected chi connectivity index (χ0v) is 8.99. The topological polar surface area (TPSA) is 57.5 Å². The van der Waals surface area contributed by atoms with Gasteiger partial charge in [0.05, 0.1) is 22.2 Å². The third kappa shape index (κ3) is 1.96. The normalized spacial score (nSPS) is 10.3. The van der Waals surface area contributed by atoms with Crippen LogP contribution >= 0.6 is 34.8 Å². The van der Waals surface area contributed by atoms with Gasteiger partial charge in [-0.1, -0.05) is 34.8 Å². The second-order valence-corrected chi connectivity index (χ2v) is 3.64. The molecule has 0 bridgehead atoms. The minimum atomic E-state index is -1.22. The Bertz CT molecular complexity index is 390. The molecule has 0 aliphatic rings. The van der Waals surface area contributed by atoms with Gasteiger partial charge in [-0.05, 0) is 6.07 Å². The number of carboxylic acids is 1. The smallest absolute Gasteiger partial charge is 0.337 e. The predicted molar refractivity (Wildman–Crippen MR) is 54.4 cm³/mol. The molecule has 0 fully saturated rings. The molecule has 14 heavy (non-hydrogen) atoms. The fourth-order valence-corrected chi connectivity index (χ4v) is 1.76. The van der Waals surface area contributed by atoms with Crippen molar-refractivity contribution in [3.05, 3.63) is 32.3 Å². The highest BCUT2D eigenvalue weighted by molar-refractivity contribution is 6.45. The Labute approximate surface area is 94.8 Å². The van der Waals surface area contributed by atoms with Crippen LogP contribution in [-0.2, 0) is 6.61 Å². The Morgan fingerprint density at radius 3 is 2.29 bits per heavy atom. The first-order valence-corrected chi connectivity index (χ1v) is 4.63. The van der Waals surface area contributed by atoms with Crippen LogP contribution in [0.1, 0.15) is 15.9 Å². The number of aliphatic hydroxyl groups is 1. The molecule has 0 atom stereocenters. The van der Waals surface area contributed by atoms with E-state index < -0.39 is 12.6 Å². The fraction of sp³-hybridized carbons (Fsp3) is 0.125. The molecule has 0 unspecified atom stereocenters. The standard InChI is InChI=1S/C8H5Cl3O3/c9-5-1-3(8(13)14)6(10)7(11)4(5)2-12/h1,12H,2H2,(H,13,14). The van der Waals surface area contributed by atoms with E-state index in [4.69, 9.17) is 45.0 Å². The fourth-order valence-electron chi connectivity index (χ4n) is 0.933. The average Bonchev–Trinajstić information content (AvgIpc) is 2.12. The van der Waals surface area contributed by atoms with Crippen LogP contribution < -0.4 is 0 Å². The molecule has 1 aromatic carbocycles. The summed E-state index contributed by atoms with van der Waals surface area (Å²) in [6.45, 7) is -0.392. The van der Waals surface area contributed by atoms with Crippen LogP contribution in [0.5, 0.6) is 0 Å². The molecule has 1 aromatic rings. The van der Waals surface area contributed by atoms with Crippen molar-refractivity contribution in [3.8, 4) is 0 Å². The summed E-state index contributed by atoms with van der Waals surface area (Å²) in [5.41, 5.74) is 0.0437. The lowest BCUT2D eigenvalue weighted by atomic mass is 10.1. The third-order valence-electron chi connectivity index (χ3n) is 1.64. The molecule has 0 saturated carbocycles. The van der Waals surface area contributed by atoms with Gasteiger partial charge in [0.2, 0.25) is 0 Å². The number of carbonyl (C=O) groups is 1. The second kappa shape index (κ2) is 4.36. The highest BCUT2D eigenvalue weighted by Gasteiger charge is 2.17.